The molecule has 1 aliphatic rings. The minimum absolute atomic E-state index is 0.0788. The van der Waals surface area contributed by atoms with Crippen LogP contribution in [0.15, 0.2) is 71.0 Å². The summed E-state index contributed by atoms with van der Waals surface area (Å²) in [6.07, 6.45) is 0. The number of carbonyl (C=O) groups is 2. The maximum absolute atomic E-state index is 13.1. The number of benzene rings is 2. The van der Waals surface area contributed by atoms with Crippen LogP contribution in [0.2, 0.25) is 0 Å². The zero-order valence-electron chi connectivity index (χ0n) is 19.9. The van der Waals surface area contributed by atoms with Gasteiger partial charge in [-0.3, -0.25) is 20.4 Å². The molecule has 0 bridgehead atoms. The molecule has 1 unspecified atom stereocenters. The van der Waals surface area contributed by atoms with Crippen molar-refractivity contribution in [2.45, 2.75) is 26.3 Å². The second-order valence-electron chi connectivity index (χ2n) is 8.01. The third-order valence-corrected chi connectivity index (χ3v) is 5.43. The monoisotopic (exact) mass is 480 g/mol. The van der Waals surface area contributed by atoms with Gasteiger partial charge >= 0.3 is 11.9 Å². The Morgan fingerprint density at radius 3 is 2.54 bits per heavy atom. The van der Waals surface area contributed by atoms with Gasteiger partial charge < -0.3 is 9.47 Å². The molecule has 2 aromatic rings. The van der Waals surface area contributed by atoms with E-state index >= 15 is 0 Å². The quantitative estimate of drug-likeness (QED) is 0.313. The second kappa shape index (κ2) is 11.9. The maximum atomic E-state index is 13.1. The van der Waals surface area contributed by atoms with Crippen molar-refractivity contribution < 1.29 is 24.0 Å². The lowest BCUT2D eigenvalue weighted by Gasteiger charge is -2.26. The Bertz CT molecular complexity index is 1150. The van der Waals surface area contributed by atoms with Crippen LogP contribution in [-0.2, 0) is 25.6 Å². The van der Waals surface area contributed by atoms with Gasteiger partial charge in [0.25, 0.3) is 5.69 Å². The Hall–Kier alpha value is -4.05. The van der Waals surface area contributed by atoms with Gasteiger partial charge in [-0.1, -0.05) is 42.5 Å². The molecule has 2 aromatic carbocycles. The number of non-ortho nitro benzene ring substituents is 1. The maximum Gasteiger partial charge on any atom is 0.355 e. The summed E-state index contributed by atoms with van der Waals surface area (Å²) in [6, 6.07) is 15.6. The van der Waals surface area contributed by atoms with Crippen molar-refractivity contribution in [1.29, 1.82) is 0 Å². The molecule has 0 saturated heterocycles. The molecule has 0 radical (unpaired) electrons. The minimum Gasteiger partial charge on any atom is -0.463 e. The van der Waals surface area contributed by atoms with Crippen LogP contribution in [-0.4, -0.2) is 54.3 Å². The minimum atomic E-state index is -0.982. The highest BCUT2D eigenvalue weighted by Crippen LogP contribution is 2.33. The Morgan fingerprint density at radius 2 is 1.86 bits per heavy atom. The molecule has 0 amide bonds. The summed E-state index contributed by atoms with van der Waals surface area (Å²) in [5.74, 6) is -2.35. The number of allylic oxidation sites excluding steroid dienone is 1. The standard InChI is InChI=1S/C25H28N4O6/c1-4-34-24(30)21-17(2)26-27-23(22(21)19-11-8-12-20(15-19)29(32)33)25(31)35-14-13-28(3)16-18-9-6-5-7-10-18/h5-12,15,22,26H,4,13-14,16H2,1-3H3. The van der Waals surface area contributed by atoms with Crippen LogP contribution in [0.5, 0.6) is 0 Å². The molecule has 3 rings (SSSR count). The number of ether oxygens (including phenoxy) is 2. The lowest BCUT2D eigenvalue weighted by Crippen LogP contribution is -2.37. The van der Waals surface area contributed by atoms with E-state index in [4.69, 9.17) is 9.47 Å². The highest BCUT2D eigenvalue weighted by molar-refractivity contribution is 6.40. The number of rotatable bonds is 10. The zero-order valence-corrected chi connectivity index (χ0v) is 19.9. The Labute approximate surface area is 203 Å². The Balaban J connectivity index is 1.79. The first-order valence-corrected chi connectivity index (χ1v) is 11.2. The average Bonchev–Trinajstić information content (AvgIpc) is 2.84. The highest BCUT2D eigenvalue weighted by Gasteiger charge is 2.38. The fraction of sp³-hybridized carbons (Fsp3) is 0.320. The van der Waals surface area contributed by atoms with E-state index in [1.807, 2.05) is 42.3 Å². The molecule has 35 heavy (non-hydrogen) atoms. The molecular weight excluding hydrogens is 452 g/mol. The number of nitro groups is 1. The van der Waals surface area contributed by atoms with Crippen molar-refractivity contribution >= 4 is 23.3 Å². The molecule has 1 N–H and O–H groups in total. The smallest absolute Gasteiger partial charge is 0.355 e. The number of nitrogens with zero attached hydrogens (tertiary/aromatic N) is 3. The van der Waals surface area contributed by atoms with Crippen molar-refractivity contribution in [2.75, 3.05) is 26.8 Å². The van der Waals surface area contributed by atoms with E-state index in [2.05, 4.69) is 10.5 Å². The van der Waals surface area contributed by atoms with E-state index in [-0.39, 0.29) is 30.2 Å². The first-order chi connectivity index (χ1) is 16.8. The summed E-state index contributed by atoms with van der Waals surface area (Å²) < 4.78 is 10.7. The van der Waals surface area contributed by atoms with Gasteiger partial charge in [0.05, 0.1) is 23.0 Å². The van der Waals surface area contributed by atoms with Crippen LogP contribution in [0.4, 0.5) is 5.69 Å². The summed E-state index contributed by atoms with van der Waals surface area (Å²) in [5, 5.41) is 15.5. The van der Waals surface area contributed by atoms with E-state index < -0.39 is 22.8 Å². The highest BCUT2D eigenvalue weighted by atomic mass is 16.6. The summed E-state index contributed by atoms with van der Waals surface area (Å²) in [6.45, 7) is 4.68. The lowest BCUT2D eigenvalue weighted by molar-refractivity contribution is -0.384. The number of hydrazone groups is 1. The van der Waals surface area contributed by atoms with Gasteiger partial charge in [-0.05, 0) is 32.0 Å². The van der Waals surface area contributed by atoms with E-state index in [1.165, 1.54) is 18.2 Å². The molecular formula is C25H28N4O6. The third-order valence-electron chi connectivity index (χ3n) is 5.43. The number of esters is 2. The zero-order chi connectivity index (χ0) is 25.4. The van der Waals surface area contributed by atoms with Crippen molar-refractivity contribution in [3.8, 4) is 0 Å². The van der Waals surface area contributed by atoms with Crippen molar-refractivity contribution in [1.82, 2.24) is 10.3 Å². The summed E-state index contributed by atoms with van der Waals surface area (Å²) in [4.78, 5) is 38.6. The molecule has 1 aliphatic heterocycles. The predicted molar refractivity (Wildman–Crippen MR) is 129 cm³/mol. The molecule has 184 valence electrons. The average molecular weight is 481 g/mol. The number of nitro benzene ring substituents is 1. The number of likely N-dealkylation sites (N-methyl/N-ethyl adjacent to an activating group) is 1. The van der Waals surface area contributed by atoms with Gasteiger partial charge in [-0.25, -0.2) is 9.59 Å². The number of hydrogen-bond donors (Lipinski definition) is 1. The lowest BCUT2D eigenvalue weighted by atomic mass is 9.84. The molecule has 0 aliphatic carbocycles. The number of hydrogen-bond acceptors (Lipinski definition) is 9. The molecule has 0 saturated carbocycles. The van der Waals surface area contributed by atoms with Crippen LogP contribution in [0.1, 0.15) is 30.9 Å². The van der Waals surface area contributed by atoms with E-state index in [0.29, 0.717) is 24.4 Å². The Kier molecular flexibility index (Phi) is 8.69. The van der Waals surface area contributed by atoms with Gasteiger partial charge in [0.1, 0.15) is 6.61 Å². The molecule has 0 spiro atoms. The van der Waals surface area contributed by atoms with Crippen LogP contribution < -0.4 is 5.43 Å². The fourth-order valence-electron chi connectivity index (χ4n) is 3.75. The first-order valence-electron chi connectivity index (χ1n) is 11.2. The van der Waals surface area contributed by atoms with Crippen LogP contribution >= 0.6 is 0 Å². The van der Waals surface area contributed by atoms with E-state index in [1.54, 1.807) is 19.9 Å². The number of nitrogens with one attached hydrogen (secondary N) is 1. The van der Waals surface area contributed by atoms with Gasteiger partial charge in [0.15, 0.2) is 5.71 Å². The van der Waals surface area contributed by atoms with Crippen molar-refractivity contribution in [2.24, 2.45) is 5.10 Å². The van der Waals surface area contributed by atoms with Crippen LogP contribution in [0.25, 0.3) is 0 Å². The van der Waals surface area contributed by atoms with Gasteiger partial charge in [-0.2, -0.15) is 5.10 Å². The molecule has 0 aromatic heterocycles. The molecule has 10 nitrogen and oxygen atoms in total. The number of carbonyl (C=O) groups excluding carboxylic acids is 2. The topological polar surface area (TPSA) is 123 Å². The second-order valence-corrected chi connectivity index (χ2v) is 8.01. The normalized spacial score (nSPS) is 15.3. The van der Waals surface area contributed by atoms with Crippen LogP contribution in [0.3, 0.4) is 0 Å². The van der Waals surface area contributed by atoms with Crippen molar-refractivity contribution in [3.63, 3.8) is 0 Å². The first kappa shape index (κ1) is 25.6. The third kappa shape index (κ3) is 6.51. The van der Waals surface area contributed by atoms with Gasteiger partial charge in [0.2, 0.25) is 0 Å². The fourth-order valence-corrected chi connectivity index (χ4v) is 3.75. The molecule has 10 heteroatoms. The van der Waals surface area contributed by atoms with Crippen LogP contribution in [0, 0.1) is 10.1 Å². The predicted octanol–water partition coefficient (Wildman–Crippen LogP) is 3.15. The Morgan fingerprint density at radius 1 is 1.11 bits per heavy atom. The summed E-state index contributed by atoms with van der Waals surface area (Å²) in [5.41, 5.74) is 4.47. The molecule has 0 fully saturated rings. The van der Waals surface area contributed by atoms with Crippen molar-refractivity contribution in [3.05, 3.63) is 87.1 Å². The summed E-state index contributed by atoms with van der Waals surface area (Å²) in [7, 11) is 1.91. The summed E-state index contributed by atoms with van der Waals surface area (Å²) >= 11 is 0. The largest absolute Gasteiger partial charge is 0.463 e. The van der Waals surface area contributed by atoms with Gasteiger partial charge in [-0.15, -0.1) is 0 Å². The SMILES string of the molecule is CCOC(=O)C1=C(C)NN=C(C(=O)OCCN(C)Cc2ccccc2)C1c1cccc([N+](=O)[O-])c1. The molecule has 1 atom stereocenters. The molecule has 1 heterocycles. The van der Waals surface area contributed by atoms with E-state index in [9.17, 15) is 19.7 Å². The van der Waals surface area contributed by atoms with E-state index in [0.717, 1.165) is 5.56 Å². The van der Waals surface area contributed by atoms with Gasteiger partial charge in [0, 0.05) is 30.9 Å².